The smallest absolute Gasteiger partial charge is 0.391 e. The van der Waals surface area contributed by atoms with Crippen LogP contribution in [-0.4, -0.2) is 49.7 Å². The molecule has 0 spiro atoms. The van der Waals surface area contributed by atoms with Gasteiger partial charge in [0.2, 0.25) is 5.88 Å². The third-order valence-corrected chi connectivity index (χ3v) is 3.66. The molecule has 0 saturated carbocycles. The maximum absolute atomic E-state index is 11.6. The second kappa shape index (κ2) is 5.35. The van der Waals surface area contributed by atoms with Gasteiger partial charge in [-0.15, -0.1) is 0 Å². The summed E-state index contributed by atoms with van der Waals surface area (Å²) in [6, 6.07) is 0. The first-order valence-electron chi connectivity index (χ1n) is 6.22. The van der Waals surface area contributed by atoms with E-state index in [9.17, 15) is 13.2 Å². The molecule has 0 bridgehead atoms. The molecule has 2 rings (SSSR count). The van der Waals surface area contributed by atoms with Gasteiger partial charge >= 0.3 is 6.09 Å². The van der Waals surface area contributed by atoms with Gasteiger partial charge in [0.1, 0.15) is 11.6 Å². The summed E-state index contributed by atoms with van der Waals surface area (Å²) in [7, 11) is -0.0909. The fourth-order valence-electron chi connectivity index (χ4n) is 2.00. The number of amides is 1. The van der Waals surface area contributed by atoms with Crippen molar-refractivity contribution in [3.05, 3.63) is 17.1 Å². The van der Waals surface area contributed by atoms with E-state index in [2.05, 4.69) is 9.97 Å². The number of hydrogen-bond donors (Lipinski definition) is 0. The van der Waals surface area contributed by atoms with Crippen molar-refractivity contribution < 1.29 is 17.9 Å². The van der Waals surface area contributed by atoms with Gasteiger partial charge in [-0.25, -0.2) is 18.2 Å². The van der Waals surface area contributed by atoms with Crippen LogP contribution in [0.15, 0.2) is 0 Å². The highest BCUT2D eigenvalue weighted by Crippen LogP contribution is 2.28. The molecule has 0 saturated heterocycles. The number of fused-ring (bicyclic) bond motifs is 1. The molecular weight excluding hydrogens is 282 g/mol. The van der Waals surface area contributed by atoms with Crippen molar-refractivity contribution in [1.82, 2.24) is 14.9 Å². The van der Waals surface area contributed by atoms with Gasteiger partial charge in [0.25, 0.3) is 0 Å². The van der Waals surface area contributed by atoms with Gasteiger partial charge < -0.3 is 9.64 Å². The number of carbonyl (C=O) groups is 1. The Morgan fingerprint density at radius 3 is 2.60 bits per heavy atom. The zero-order chi connectivity index (χ0) is 14.9. The highest BCUT2D eigenvalue weighted by molar-refractivity contribution is 7.89. The Balaban J connectivity index is 2.37. The van der Waals surface area contributed by atoms with E-state index in [1.165, 1.54) is 4.90 Å². The molecule has 0 radical (unpaired) electrons. The second-order valence-electron chi connectivity index (χ2n) is 5.06. The minimum Gasteiger partial charge on any atom is -0.391 e. The summed E-state index contributed by atoms with van der Waals surface area (Å²) in [6.07, 6.45) is 2.97. The Morgan fingerprint density at radius 1 is 1.30 bits per heavy atom. The molecule has 0 atom stereocenters. The Bertz CT molecular complexity index is 640. The predicted molar refractivity (Wildman–Crippen MR) is 72.3 cm³/mol. The quantitative estimate of drug-likeness (QED) is 0.810. The van der Waals surface area contributed by atoms with Gasteiger partial charge in [0.15, 0.2) is 9.84 Å². The van der Waals surface area contributed by atoms with Gasteiger partial charge in [-0.1, -0.05) is 0 Å². The fourth-order valence-corrected chi connectivity index (χ4v) is 2.60. The largest absolute Gasteiger partial charge is 0.416 e. The summed E-state index contributed by atoms with van der Waals surface area (Å²) in [5.74, 6) is 0.104. The number of sulfone groups is 1. The van der Waals surface area contributed by atoms with Crippen molar-refractivity contribution in [1.29, 1.82) is 0 Å². The number of carbonyl (C=O) groups excluding carboxylic acids is 1. The molecule has 7 nitrogen and oxygen atoms in total. The summed E-state index contributed by atoms with van der Waals surface area (Å²) in [5, 5.41) is 0. The third-order valence-electron chi connectivity index (χ3n) is 2.88. The van der Waals surface area contributed by atoms with E-state index in [0.29, 0.717) is 0 Å². The Hall–Kier alpha value is -1.70. The SMILES string of the molecule is CN(C)C(=O)Oc1nc(CS(C)(=O)=O)nc2c1CCC2. The fraction of sp³-hybridized carbons (Fsp3) is 0.583. The summed E-state index contributed by atoms with van der Waals surface area (Å²) >= 11 is 0. The van der Waals surface area contributed by atoms with Crippen LogP contribution in [-0.2, 0) is 28.4 Å². The highest BCUT2D eigenvalue weighted by Gasteiger charge is 2.23. The van der Waals surface area contributed by atoms with Crippen molar-refractivity contribution in [2.24, 2.45) is 0 Å². The molecule has 8 heteroatoms. The summed E-state index contributed by atoms with van der Waals surface area (Å²) in [4.78, 5) is 21.3. The zero-order valence-electron chi connectivity index (χ0n) is 11.7. The van der Waals surface area contributed by atoms with Crippen LogP contribution in [0, 0.1) is 0 Å². The lowest BCUT2D eigenvalue weighted by Crippen LogP contribution is -2.26. The van der Waals surface area contributed by atoms with E-state index in [-0.39, 0.29) is 17.5 Å². The number of rotatable bonds is 3. The first kappa shape index (κ1) is 14.7. The summed E-state index contributed by atoms with van der Waals surface area (Å²) in [5.41, 5.74) is 1.58. The molecule has 0 fully saturated rings. The number of aryl methyl sites for hydroxylation is 1. The first-order valence-corrected chi connectivity index (χ1v) is 8.28. The molecule has 1 amide bonds. The van der Waals surface area contributed by atoms with Crippen LogP contribution in [0.25, 0.3) is 0 Å². The lowest BCUT2D eigenvalue weighted by molar-refractivity contribution is 0.169. The van der Waals surface area contributed by atoms with E-state index in [0.717, 1.165) is 36.8 Å². The monoisotopic (exact) mass is 299 g/mol. The third kappa shape index (κ3) is 3.44. The van der Waals surface area contributed by atoms with Crippen molar-refractivity contribution >= 4 is 15.9 Å². The van der Waals surface area contributed by atoms with E-state index in [1.807, 2.05) is 0 Å². The van der Waals surface area contributed by atoms with Crippen molar-refractivity contribution in [3.8, 4) is 5.88 Å². The van der Waals surface area contributed by atoms with Crippen LogP contribution in [0.1, 0.15) is 23.5 Å². The number of aromatic nitrogens is 2. The van der Waals surface area contributed by atoms with Crippen LogP contribution < -0.4 is 4.74 Å². The first-order chi connectivity index (χ1) is 9.26. The Labute approximate surface area is 117 Å². The zero-order valence-corrected chi connectivity index (χ0v) is 12.5. The van der Waals surface area contributed by atoms with Gasteiger partial charge in [-0.3, -0.25) is 0 Å². The molecule has 20 heavy (non-hydrogen) atoms. The van der Waals surface area contributed by atoms with Gasteiger partial charge in [0.05, 0.1) is 5.69 Å². The van der Waals surface area contributed by atoms with Crippen LogP contribution >= 0.6 is 0 Å². The van der Waals surface area contributed by atoms with Crippen LogP contribution in [0.5, 0.6) is 5.88 Å². The molecular formula is C12H17N3O4S. The normalized spacial score (nSPS) is 13.9. The minimum atomic E-state index is -3.23. The van der Waals surface area contributed by atoms with Gasteiger partial charge in [-0.05, 0) is 19.3 Å². The van der Waals surface area contributed by atoms with Crippen molar-refractivity contribution in [2.45, 2.75) is 25.0 Å². The van der Waals surface area contributed by atoms with Gasteiger partial charge in [-0.2, -0.15) is 4.98 Å². The molecule has 0 aromatic carbocycles. The molecule has 0 unspecified atom stereocenters. The Kier molecular flexibility index (Phi) is 3.94. The van der Waals surface area contributed by atoms with E-state index in [1.54, 1.807) is 14.1 Å². The standard InChI is InChI=1S/C12H17N3O4S/c1-15(2)12(16)19-11-8-5-4-6-9(8)13-10(14-11)7-20(3,17)18/h4-7H2,1-3H3. The molecule has 110 valence electrons. The maximum atomic E-state index is 11.6. The summed E-state index contributed by atoms with van der Waals surface area (Å²) < 4.78 is 27.9. The predicted octanol–water partition coefficient (Wildman–Crippen LogP) is 0.570. The summed E-state index contributed by atoms with van der Waals surface area (Å²) in [6.45, 7) is 0. The molecule has 1 heterocycles. The van der Waals surface area contributed by atoms with Crippen molar-refractivity contribution in [2.75, 3.05) is 20.4 Å². The number of nitrogens with zero attached hydrogens (tertiary/aromatic N) is 3. The lowest BCUT2D eigenvalue weighted by atomic mass is 10.2. The number of ether oxygens (including phenoxy) is 1. The highest BCUT2D eigenvalue weighted by atomic mass is 32.2. The van der Waals surface area contributed by atoms with E-state index >= 15 is 0 Å². The van der Waals surface area contributed by atoms with E-state index < -0.39 is 15.9 Å². The van der Waals surface area contributed by atoms with Crippen LogP contribution in [0.2, 0.25) is 0 Å². The van der Waals surface area contributed by atoms with E-state index in [4.69, 9.17) is 4.74 Å². The minimum absolute atomic E-state index is 0.176. The molecule has 1 aromatic heterocycles. The molecule has 0 aliphatic heterocycles. The van der Waals surface area contributed by atoms with Gasteiger partial charge in [0, 0.05) is 25.9 Å². The number of hydrogen-bond acceptors (Lipinski definition) is 6. The lowest BCUT2D eigenvalue weighted by Gasteiger charge is -2.13. The topological polar surface area (TPSA) is 89.5 Å². The van der Waals surface area contributed by atoms with Crippen molar-refractivity contribution in [3.63, 3.8) is 0 Å². The Morgan fingerprint density at radius 2 is 2.00 bits per heavy atom. The van der Waals surface area contributed by atoms with Crippen LogP contribution in [0.4, 0.5) is 4.79 Å². The average Bonchev–Trinajstić information content (AvgIpc) is 2.74. The second-order valence-corrected chi connectivity index (χ2v) is 7.20. The molecule has 1 aromatic rings. The molecule has 1 aliphatic carbocycles. The van der Waals surface area contributed by atoms with Crippen LogP contribution in [0.3, 0.4) is 0 Å². The average molecular weight is 299 g/mol. The molecule has 1 aliphatic rings. The maximum Gasteiger partial charge on any atom is 0.416 e. The molecule has 0 N–H and O–H groups in total.